The van der Waals surface area contributed by atoms with Crippen molar-refractivity contribution in [2.45, 2.75) is 19.4 Å². The predicted octanol–water partition coefficient (Wildman–Crippen LogP) is 4.14. The number of aromatic amines is 1. The van der Waals surface area contributed by atoms with Crippen LogP contribution in [0.4, 0.5) is 0 Å². The fourth-order valence-corrected chi connectivity index (χ4v) is 3.00. The zero-order valence-corrected chi connectivity index (χ0v) is 16.4. The van der Waals surface area contributed by atoms with Gasteiger partial charge < -0.3 is 9.72 Å². The fraction of sp³-hybridized carbons (Fsp3) is 0.150. The van der Waals surface area contributed by atoms with Gasteiger partial charge in [0.2, 0.25) is 0 Å². The van der Waals surface area contributed by atoms with Crippen molar-refractivity contribution in [1.29, 1.82) is 0 Å². The van der Waals surface area contributed by atoms with Gasteiger partial charge >= 0.3 is 0 Å². The van der Waals surface area contributed by atoms with Gasteiger partial charge in [-0.1, -0.05) is 48.3 Å². The van der Waals surface area contributed by atoms with Gasteiger partial charge in [0, 0.05) is 10.5 Å². The Balaban J connectivity index is 1.69. The molecule has 0 bridgehead atoms. The van der Waals surface area contributed by atoms with Gasteiger partial charge in [-0.2, -0.15) is 5.10 Å². The Kier molecular flexibility index (Phi) is 6.34. The minimum Gasteiger partial charge on any atom is -0.479 e. The van der Waals surface area contributed by atoms with Crippen LogP contribution in [0.2, 0.25) is 10.0 Å². The van der Waals surface area contributed by atoms with Gasteiger partial charge in [0.15, 0.2) is 6.10 Å². The SMILES string of the molecule is CC[C@H](Oc1ccc(Cl)cc1Cl)C(=O)N/N=C\c1cc2ccccc2[nH]c1=O. The number of carbonyl (C=O) groups is 1. The summed E-state index contributed by atoms with van der Waals surface area (Å²) in [5.74, 6) is -0.106. The van der Waals surface area contributed by atoms with Crippen molar-refractivity contribution in [1.82, 2.24) is 10.4 Å². The minimum absolute atomic E-state index is 0.298. The monoisotopic (exact) mass is 417 g/mol. The van der Waals surface area contributed by atoms with Crippen LogP contribution in [0.1, 0.15) is 18.9 Å². The number of H-pyrrole nitrogens is 1. The van der Waals surface area contributed by atoms with E-state index in [-0.39, 0.29) is 5.56 Å². The van der Waals surface area contributed by atoms with Gasteiger partial charge in [0.1, 0.15) is 5.75 Å². The summed E-state index contributed by atoms with van der Waals surface area (Å²) in [4.78, 5) is 27.2. The first-order valence-corrected chi connectivity index (χ1v) is 9.30. The Bertz CT molecular complexity index is 1100. The van der Waals surface area contributed by atoms with E-state index < -0.39 is 12.0 Å². The number of fused-ring (bicyclic) bond motifs is 1. The Labute approximate surface area is 171 Å². The lowest BCUT2D eigenvalue weighted by molar-refractivity contribution is -0.128. The number of carbonyl (C=O) groups excluding carboxylic acids is 1. The second-order valence-corrected chi connectivity index (χ2v) is 6.81. The van der Waals surface area contributed by atoms with E-state index >= 15 is 0 Å². The number of pyridine rings is 1. The van der Waals surface area contributed by atoms with Crippen molar-refractivity contribution in [3.8, 4) is 5.75 Å². The van der Waals surface area contributed by atoms with Crippen molar-refractivity contribution < 1.29 is 9.53 Å². The van der Waals surface area contributed by atoms with E-state index in [0.29, 0.717) is 27.8 Å². The average molecular weight is 418 g/mol. The number of rotatable bonds is 6. The molecule has 2 aromatic carbocycles. The quantitative estimate of drug-likeness (QED) is 0.466. The first-order chi connectivity index (χ1) is 13.5. The summed E-state index contributed by atoms with van der Waals surface area (Å²) < 4.78 is 5.65. The van der Waals surface area contributed by atoms with Crippen molar-refractivity contribution in [3.63, 3.8) is 0 Å². The van der Waals surface area contributed by atoms with Crippen LogP contribution in [0.15, 0.2) is 58.4 Å². The highest BCUT2D eigenvalue weighted by molar-refractivity contribution is 6.35. The highest BCUT2D eigenvalue weighted by atomic mass is 35.5. The van der Waals surface area contributed by atoms with Gasteiger partial charge in [-0.15, -0.1) is 0 Å². The number of halogens is 2. The number of nitrogens with one attached hydrogen (secondary N) is 2. The highest BCUT2D eigenvalue weighted by Gasteiger charge is 2.19. The molecule has 0 fully saturated rings. The number of hydrogen-bond donors (Lipinski definition) is 2. The molecule has 0 saturated carbocycles. The molecule has 28 heavy (non-hydrogen) atoms. The van der Waals surface area contributed by atoms with Crippen LogP contribution in [0.3, 0.4) is 0 Å². The van der Waals surface area contributed by atoms with Crippen LogP contribution in [0.25, 0.3) is 10.9 Å². The number of ether oxygens (including phenoxy) is 1. The molecule has 0 unspecified atom stereocenters. The largest absolute Gasteiger partial charge is 0.479 e. The summed E-state index contributed by atoms with van der Waals surface area (Å²) >= 11 is 11.9. The molecule has 3 rings (SSSR count). The molecule has 144 valence electrons. The first kappa shape index (κ1) is 19.9. The topological polar surface area (TPSA) is 83.5 Å². The highest BCUT2D eigenvalue weighted by Crippen LogP contribution is 2.28. The molecule has 0 aliphatic carbocycles. The van der Waals surface area contributed by atoms with Crippen LogP contribution in [0.5, 0.6) is 5.75 Å². The molecule has 0 aliphatic heterocycles. The number of hydrogen-bond acceptors (Lipinski definition) is 4. The summed E-state index contributed by atoms with van der Waals surface area (Å²) in [5.41, 5.74) is 3.15. The molecule has 0 aliphatic rings. The summed E-state index contributed by atoms with van der Waals surface area (Å²) in [7, 11) is 0. The number of aromatic nitrogens is 1. The number of benzene rings is 2. The van der Waals surface area contributed by atoms with Crippen molar-refractivity contribution in [2.24, 2.45) is 5.10 Å². The van der Waals surface area contributed by atoms with Gasteiger partial charge in [-0.05, 0) is 42.1 Å². The normalized spacial score (nSPS) is 12.2. The molecule has 1 atom stereocenters. The molecule has 1 aromatic heterocycles. The molecule has 3 aromatic rings. The smallest absolute Gasteiger partial charge is 0.281 e. The second kappa shape index (κ2) is 8.91. The Morgan fingerprint density at radius 3 is 2.79 bits per heavy atom. The third kappa shape index (κ3) is 4.71. The molecule has 6 nitrogen and oxygen atoms in total. The summed E-state index contributed by atoms with van der Waals surface area (Å²) in [6.45, 7) is 1.80. The molecule has 1 heterocycles. The lowest BCUT2D eigenvalue weighted by atomic mass is 10.2. The van der Waals surface area contributed by atoms with Crippen LogP contribution in [-0.4, -0.2) is 23.2 Å². The number of hydrazone groups is 1. The van der Waals surface area contributed by atoms with Crippen LogP contribution < -0.4 is 15.7 Å². The van der Waals surface area contributed by atoms with E-state index in [1.165, 1.54) is 12.3 Å². The van der Waals surface area contributed by atoms with Gasteiger partial charge in [0.25, 0.3) is 11.5 Å². The van der Waals surface area contributed by atoms with Gasteiger partial charge in [-0.25, -0.2) is 5.43 Å². The zero-order valence-electron chi connectivity index (χ0n) is 14.9. The first-order valence-electron chi connectivity index (χ1n) is 8.54. The number of para-hydroxylation sites is 1. The zero-order chi connectivity index (χ0) is 20.1. The van der Waals surface area contributed by atoms with Crippen molar-refractivity contribution >= 4 is 46.2 Å². The third-order valence-electron chi connectivity index (χ3n) is 3.99. The maximum Gasteiger partial charge on any atom is 0.281 e. The van der Waals surface area contributed by atoms with E-state index in [4.69, 9.17) is 27.9 Å². The molecular formula is C20H17Cl2N3O3. The van der Waals surface area contributed by atoms with E-state index in [1.54, 1.807) is 25.1 Å². The number of nitrogens with zero attached hydrogens (tertiary/aromatic N) is 1. The Morgan fingerprint density at radius 1 is 1.25 bits per heavy atom. The molecule has 1 amide bonds. The van der Waals surface area contributed by atoms with E-state index in [2.05, 4.69) is 15.5 Å². The Hall–Kier alpha value is -2.83. The molecule has 0 saturated heterocycles. The van der Waals surface area contributed by atoms with E-state index in [1.807, 2.05) is 24.3 Å². The van der Waals surface area contributed by atoms with Crippen LogP contribution in [0, 0.1) is 0 Å². The number of amides is 1. The van der Waals surface area contributed by atoms with Crippen molar-refractivity contribution in [2.75, 3.05) is 0 Å². The lowest BCUT2D eigenvalue weighted by Gasteiger charge is -2.16. The molecule has 0 radical (unpaired) electrons. The summed E-state index contributed by atoms with van der Waals surface area (Å²) in [5, 5.41) is 5.52. The lowest BCUT2D eigenvalue weighted by Crippen LogP contribution is -2.35. The summed E-state index contributed by atoms with van der Waals surface area (Å²) in [6.07, 6.45) is 0.896. The standard InChI is InChI=1S/C20H17Cl2N3O3/c1-2-17(28-18-8-7-14(21)10-15(18)22)20(27)25-23-11-13-9-12-5-3-4-6-16(12)24-19(13)26/h3-11,17H,2H2,1H3,(H,24,26)(H,25,27)/b23-11-/t17-/m0/s1. The fourth-order valence-electron chi connectivity index (χ4n) is 2.54. The molecule has 2 N–H and O–H groups in total. The molecule has 8 heteroatoms. The predicted molar refractivity (Wildman–Crippen MR) is 111 cm³/mol. The Morgan fingerprint density at radius 2 is 2.04 bits per heavy atom. The maximum absolute atomic E-state index is 12.3. The van der Waals surface area contributed by atoms with Gasteiger partial charge in [-0.3, -0.25) is 9.59 Å². The minimum atomic E-state index is -0.800. The van der Waals surface area contributed by atoms with E-state index in [0.717, 1.165) is 10.9 Å². The van der Waals surface area contributed by atoms with E-state index in [9.17, 15) is 9.59 Å². The maximum atomic E-state index is 12.3. The molecule has 0 spiro atoms. The third-order valence-corrected chi connectivity index (χ3v) is 4.52. The van der Waals surface area contributed by atoms with Crippen LogP contribution >= 0.6 is 23.2 Å². The van der Waals surface area contributed by atoms with Gasteiger partial charge in [0.05, 0.1) is 16.8 Å². The second-order valence-electron chi connectivity index (χ2n) is 5.96. The van der Waals surface area contributed by atoms with Crippen molar-refractivity contribution in [3.05, 3.63) is 74.5 Å². The summed E-state index contributed by atoms with van der Waals surface area (Å²) in [6, 6.07) is 13.8. The molecular weight excluding hydrogens is 401 g/mol. The average Bonchev–Trinajstić information content (AvgIpc) is 2.67. The van der Waals surface area contributed by atoms with Crippen LogP contribution in [-0.2, 0) is 4.79 Å².